The summed E-state index contributed by atoms with van der Waals surface area (Å²) in [5.41, 5.74) is 5.25. The number of nitrogens with one attached hydrogen (secondary N) is 1. The summed E-state index contributed by atoms with van der Waals surface area (Å²) >= 11 is 0. The number of rotatable bonds is 3. The molecule has 0 fully saturated rings. The van der Waals surface area contributed by atoms with E-state index >= 15 is 0 Å². The summed E-state index contributed by atoms with van der Waals surface area (Å²) in [6.07, 6.45) is 3.20. The zero-order valence-electron chi connectivity index (χ0n) is 12.6. The molecule has 3 rings (SSSR count). The largest absolute Gasteiger partial charge is 0.381 e. The molecule has 0 saturated carbocycles. The van der Waals surface area contributed by atoms with E-state index in [0.717, 1.165) is 19.3 Å². The Balaban J connectivity index is 1.79. The lowest BCUT2D eigenvalue weighted by molar-refractivity contribution is 0.452. The number of hydrogen-bond acceptors (Lipinski definition) is 2. The minimum atomic E-state index is 0.491. The molecule has 3 heteroatoms. The highest BCUT2D eigenvalue weighted by atomic mass is 15.3. The summed E-state index contributed by atoms with van der Waals surface area (Å²) in [5, 5.41) is 8.26. The fraction of sp³-hybridized carbons (Fsp3) is 0.471. The highest BCUT2D eigenvalue weighted by Gasteiger charge is 2.25. The van der Waals surface area contributed by atoms with Gasteiger partial charge in [0.25, 0.3) is 0 Å². The van der Waals surface area contributed by atoms with Crippen molar-refractivity contribution in [3.8, 4) is 0 Å². The highest BCUT2D eigenvalue weighted by Crippen LogP contribution is 2.29. The average Bonchev–Trinajstić information content (AvgIpc) is 2.80. The zero-order valence-corrected chi connectivity index (χ0v) is 12.6. The number of anilines is 1. The van der Waals surface area contributed by atoms with Gasteiger partial charge in [-0.15, -0.1) is 0 Å². The number of fused-ring (bicyclic) bond motifs is 1. The first-order chi connectivity index (χ1) is 9.67. The lowest BCUT2D eigenvalue weighted by atomic mass is 9.86. The number of benzene rings is 1. The molecule has 0 aliphatic carbocycles. The second-order valence-corrected chi connectivity index (χ2v) is 5.90. The van der Waals surface area contributed by atoms with E-state index in [1.807, 2.05) is 4.68 Å². The Morgan fingerprint density at radius 3 is 2.90 bits per heavy atom. The summed E-state index contributed by atoms with van der Waals surface area (Å²) in [6, 6.07) is 11.4. The van der Waals surface area contributed by atoms with Gasteiger partial charge in [0.1, 0.15) is 0 Å². The van der Waals surface area contributed by atoms with E-state index in [-0.39, 0.29) is 0 Å². The minimum absolute atomic E-state index is 0.491. The van der Waals surface area contributed by atoms with Crippen LogP contribution < -0.4 is 5.32 Å². The van der Waals surface area contributed by atoms with Crippen LogP contribution in [0.1, 0.15) is 30.8 Å². The number of nitrogens with zero attached hydrogens (tertiary/aromatic N) is 2. The summed E-state index contributed by atoms with van der Waals surface area (Å²) in [4.78, 5) is 0. The van der Waals surface area contributed by atoms with Crippen molar-refractivity contribution in [3.05, 3.63) is 47.3 Å². The third kappa shape index (κ3) is 2.45. The van der Waals surface area contributed by atoms with Crippen LogP contribution in [0, 0.1) is 5.92 Å². The fourth-order valence-electron chi connectivity index (χ4n) is 3.08. The first-order valence-electron chi connectivity index (χ1n) is 7.53. The van der Waals surface area contributed by atoms with Crippen LogP contribution in [0.4, 0.5) is 5.69 Å². The summed E-state index contributed by atoms with van der Waals surface area (Å²) < 4.78 is 2.04. The summed E-state index contributed by atoms with van der Waals surface area (Å²) in [7, 11) is 2.05. The Labute approximate surface area is 121 Å². The van der Waals surface area contributed by atoms with Crippen LogP contribution in [0.5, 0.6) is 0 Å². The number of para-hydroxylation sites is 1. The Bertz CT molecular complexity index is 600. The maximum Gasteiger partial charge on any atom is 0.0624 e. The molecular formula is C17H23N3. The van der Waals surface area contributed by atoms with Gasteiger partial charge in [0, 0.05) is 30.9 Å². The molecule has 2 unspecified atom stereocenters. The van der Waals surface area contributed by atoms with Crippen LogP contribution in [0.25, 0.3) is 0 Å². The molecule has 106 valence electrons. The molecule has 2 atom stereocenters. The molecule has 20 heavy (non-hydrogen) atoms. The molecule has 1 aromatic heterocycles. The Morgan fingerprint density at radius 1 is 1.35 bits per heavy atom. The molecule has 0 amide bonds. The van der Waals surface area contributed by atoms with E-state index in [9.17, 15) is 0 Å². The van der Waals surface area contributed by atoms with E-state index < -0.39 is 0 Å². The molecule has 1 N–H and O–H groups in total. The van der Waals surface area contributed by atoms with Crippen LogP contribution in [-0.2, 0) is 26.3 Å². The Kier molecular flexibility index (Phi) is 3.51. The highest BCUT2D eigenvalue weighted by molar-refractivity contribution is 5.54. The predicted molar refractivity (Wildman–Crippen MR) is 83.0 cm³/mol. The van der Waals surface area contributed by atoms with E-state index in [1.165, 1.54) is 22.6 Å². The SMILES string of the molecule is CCc1cc(CC2Nc3ccccc3CC2C)n(C)n1. The van der Waals surface area contributed by atoms with Gasteiger partial charge in [-0.2, -0.15) is 5.10 Å². The van der Waals surface area contributed by atoms with Crippen molar-refractivity contribution in [2.75, 3.05) is 5.32 Å². The molecule has 2 aromatic rings. The van der Waals surface area contributed by atoms with Gasteiger partial charge in [-0.1, -0.05) is 32.0 Å². The molecule has 3 nitrogen and oxygen atoms in total. The topological polar surface area (TPSA) is 29.9 Å². The van der Waals surface area contributed by atoms with Crippen LogP contribution in [-0.4, -0.2) is 15.8 Å². The molecule has 0 saturated heterocycles. The van der Waals surface area contributed by atoms with Gasteiger partial charge < -0.3 is 5.32 Å². The van der Waals surface area contributed by atoms with Crippen molar-refractivity contribution in [2.45, 2.75) is 39.2 Å². The van der Waals surface area contributed by atoms with E-state index in [2.05, 4.69) is 61.6 Å². The molecule has 0 bridgehead atoms. The van der Waals surface area contributed by atoms with Crippen molar-refractivity contribution < 1.29 is 0 Å². The lowest BCUT2D eigenvalue weighted by Gasteiger charge is -2.32. The number of hydrogen-bond donors (Lipinski definition) is 1. The summed E-state index contributed by atoms with van der Waals surface area (Å²) in [5.74, 6) is 0.643. The minimum Gasteiger partial charge on any atom is -0.381 e. The molecule has 1 aliphatic rings. The molecule has 0 spiro atoms. The van der Waals surface area contributed by atoms with Crippen LogP contribution in [0.3, 0.4) is 0 Å². The average molecular weight is 269 g/mol. The van der Waals surface area contributed by atoms with Crippen molar-refractivity contribution in [3.63, 3.8) is 0 Å². The molecular weight excluding hydrogens is 246 g/mol. The molecule has 2 heterocycles. The monoisotopic (exact) mass is 269 g/mol. The van der Waals surface area contributed by atoms with Gasteiger partial charge >= 0.3 is 0 Å². The maximum absolute atomic E-state index is 4.55. The van der Waals surface area contributed by atoms with Gasteiger partial charge in [0.05, 0.1) is 5.69 Å². The first kappa shape index (κ1) is 13.2. The Morgan fingerprint density at radius 2 is 2.15 bits per heavy atom. The van der Waals surface area contributed by atoms with Crippen molar-refractivity contribution in [1.82, 2.24) is 9.78 Å². The molecule has 1 aromatic carbocycles. The number of aromatic nitrogens is 2. The number of aryl methyl sites for hydroxylation is 2. The molecule has 0 radical (unpaired) electrons. The normalized spacial score (nSPS) is 21.4. The second-order valence-electron chi connectivity index (χ2n) is 5.90. The van der Waals surface area contributed by atoms with Gasteiger partial charge in [-0.25, -0.2) is 0 Å². The Hall–Kier alpha value is -1.77. The van der Waals surface area contributed by atoms with Gasteiger partial charge in [0.2, 0.25) is 0 Å². The van der Waals surface area contributed by atoms with Crippen LogP contribution in [0.2, 0.25) is 0 Å². The van der Waals surface area contributed by atoms with Crippen LogP contribution in [0.15, 0.2) is 30.3 Å². The quantitative estimate of drug-likeness (QED) is 0.927. The summed E-state index contributed by atoms with van der Waals surface area (Å²) in [6.45, 7) is 4.49. The smallest absolute Gasteiger partial charge is 0.0624 e. The van der Waals surface area contributed by atoms with Crippen LogP contribution >= 0.6 is 0 Å². The maximum atomic E-state index is 4.55. The first-order valence-corrected chi connectivity index (χ1v) is 7.53. The van der Waals surface area contributed by atoms with E-state index in [4.69, 9.17) is 0 Å². The third-order valence-corrected chi connectivity index (χ3v) is 4.41. The van der Waals surface area contributed by atoms with Crippen molar-refractivity contribution >= 4 is 5.69 Å². The van der Waals surface area contributed by atoms with Crippen molar-refractivity contribution in [2.24, 2.45) is 13.0 Å². The predicted octanol–water partition coefficient (Wildman–Crippen LogP) is 3.20. The standard InChI is InChI=1S/C17H23N3/c1-4-14-10-15(20(3)19-14)11-17-12(2)9-13-7-5-6-8-16(13)18-17/h5-8,10,12,17-18H,4,9,11H2,1-3H3. The van der Waals surface area contributed by atoms with Crippen molar-refractivity contribution in [1.29, 1.82) is 0 Å². The second kappa shape index (κ2) is 5.31. The van der Waals surface area contributed by atoms with E-state index in [1.54, 1.807) is 0 Å². The third-order valence-electron chi connectivity index (χ3n) is 4.41. The van der Waals surface area contributed by atoms with Gasteiger partial charge in [-0.05, 0) is 36.5 Å². The molecule has 1 aliphatic heterocycles. The fourth-order valence-corrected chi connectivity index (χ4v) is 3.08. The van der Waals surface area contributed by atoms with E-state index in [0.29, 0.717) is 12.0 Å². The van der Waals surface area contributed by atoms with Gasteiger partial charge in [-0.3, -0.25) is 4.68 Å². The zero-order chi connectivity index (χ0) is 14.1. The lowest BCUT2D eigenvalue weighted by Crippen LogP contribution is -2.35. The van der Waals surface area contributed by atoms with Gasteiger partial charge in [0.15, 0.2) is 0 Å².